The molecule has 1 N–H and O–H groups in total. The van der Waals surface area contributed by atoms with Gasteiger partial charge in [0, 0.05) is 43.3 Å². The lowest BCUT2D eigenvalue weighted by atomic mass is 10.0. The van der Waals surface area contributed by atoms with E-state index in [4.69, 9.17) is 0 Å². The van der Waals surface area contributed by atoms with Gasteiger partial charge >= 0.3 is 0 Å². The van der Waals surface area contributed by atoms with Crippen molar-refractivity contribution in [3.05, 3.63) is 29.8 Å². The molecule has 0 unspecified atom stereocenters. The summed E-state index contributed by atoms with van der Waals surface area (Å²) >= 11 is 0. The first kappa shape index (κ1) is 16.0. The van der Waals surface area contributed by atoms with Crippen molar-refractivity contribution < 1.29 is 9.59 Å². The molecule has 1 aromatic carbocycles. The van der Waals surface area contributed by atoms with Crippen molar-refractivity contribution in [1.29, 1.82) is 0 Å². The molecule has 3 rings (SSSR count). The Labute approximate surface area is 137 Å². The van der Waals surface area contributed by atoms with Gasteiger partial charge in [-0.05, 0) is 50.1 Å². The molecule has 1 aromatic rings. The zero-order chi connectivity index (χ0) is 16.2. The van der Waals surface area contributed by atoms with Crippen LogP contribution < -0.4 is 10.2 Å². The van der Waals surface area contributed by atoms with Gasteiger partial charge in [-0.2, -0.15) is 0 Å². The lowest BCUT2D eigenvalue weighted by Crippen LogP contribution is -2.44. The van der Waals surface area contributed by atoms with Gasteiger partial charge in [-0.25, -0.2) is 0 Å². The van der Waals surface area contributed by atoms with E-state index in [1.165, 1.54) is 0 Å². The van der Waals surface area contributed by atoms with E-state index in [0.717, 1.165) is 51.1 Å². The summed E-state index contributed by atoms with van der Waals surface area (Å²) in [6.07, 6.45) is 3.57. The van der Waals surface area contributed by atoms with E-state index in [2.05, 4.69) is 17.1 Å². The number of piperidine rings is 1. The lowest BCUT2D eigenvalue weighted by molar-refractivity contribution is -0.117. The number of hydrogen-bond donors (Lipinski definition) is 1. The highest BCUT2D eigenvalue weighted by Crippen LogP contribution is 2.21. The van der Waals surface area contributed by atoms with Crippen LogP contribution in [0.5, 0.6) is 0 Å². The average molecular weight is 315 g/mol. The second-order valence-corrected chi connectivity index (χ2v) is 6.38. The van der Waals surface area contributed by atoms with E-state index < -0.39 is 0 Å². The SMILES string of the molecule is CCN1CCC(NC(=O)c2ccc(N3CCCC3=O)cc2)CC1. The highest BCUT2D eigenvalue weighted by atomic mass is 16.2. The number of nitrogens with one attached hydrogen (secondary N) is 1. The lowest BCUT2D eigenvalue weighted by Gasteiger charge is -2.31. The molecular formula is C18H25N3O2. The van der Waals surface area contributed by atoms with E-state index in [0.29, 0.717) is 12.0 Å². The van der Waals surface area contributed by atoms with Crippen molar-refractivity contribution >= 4 is 17.5 Å². The van der Waals surface area contributed by atoms with Gasteiger partial charge in [-0.3, -0.25) is 9.59 Å². The van der Waals surface area contributed by atoms with Crippen LogP contribution in [0, 0.1) is 0 Å². The smallest absolute Gasteiger partial charge is 0.251 e. The summed E-state index contributed by atoms with van der Waals surface area (Å²) < 4.78 is 0. The molecule has 2 heterocycles. The molecule has 2 fully saturated rings. The van der Waals surface area contributed by atoms with Crippen molar-refractivity contribution in [2.75, 3.05) is 31.1 Å². The molecule has 0 atom stereocenters. The second-order valence-electron chi connectivity index (χ2n) is 6.38. The predicted molar refractivity (Wildman–Crippen MR) is 90.6 cm³/mol. The maximum absolute atomic E-state index is 12.4. The average Bonchev–Trinajstić information content (AvgIpc) is 3.02. The maximum Gasteiger partial charge on any atom is 0.251 e. The van der Waals surface area contributed by atoms with Gasteiger partial charge in [0.1, 0.15) is 0 Å². The Morgan fingerprint density at radius 3 is 2.43 bits per heavy atom. The van der Waals surface area contributed by atoms with Crippen molar-refractivity contribution in [3.63, 3.8) is 0 Å². The fraction of sp³-hybridized carbons (Fsp3) is 0.556. The number of carbonyl (C=O) groups is 2. The Kier molecular flexibility index (Phi) is 4.96. The first-order valence-corrected chi connectivity index (χ1v) is 8.61. The van der Waals surface area contributed by atoms with Crippen molar-refractivity contribution in [1.82, 2.24) is 10.2 Å². The van der Waals surface area contributed by atoms with Gasteiger partial charge in [0.05, 0.1) is 0 Å². The standard InChI is InChI=1S/C18H25N3O2/c1-2-20-12-9-15(10-13-20)19-18(23)14-5-7-16(8-6-14)21-11-3-4-17(21)22/h5-8,15H,2-4,9-13H2,1H3,(H,19,23). The molecular weight excluding hydrogens is 290 g/mol. The molecule has 0 spiro atoms. The Morgan fingerprint density at radius 1 is 1.17 bits per heavy atom. The highest BCUT2D eigenvalue weighted by molar-refractivity contribution is 5.97. The minimum absolute atomic E-state index is 0.0146. The number of benzene rings is 1. The van der Waals surface area contributed by atoms with Crippen molar-refractivity contribution in [2.45, 2.75) is 38.6 Å². The Bertz CT molecular complexity index is 562. The monoisotopic (exact) mass is 315 g/mol. The largest absolute Gasteiger partial charge is 0.349 e. The van der Waals surface area contributed by atoms with E-state index >= 15 is 0 Å². The van der Waals surface area contributed by atoms with Gasteiger partial charge in [-0.1, -0.05) is 6.92 Å². The first-order chi connectivity index (χ1) is 11.2. The number of nitrogens with zero attached hydrogens (tertiary/aromatic N) is 2. The molecule has 0 aromatic heterocycles. The minimum atomic E-state index is -0.0146. The summed E-state index contributed by atoms with van der Waals surface area (Å²) in [6.45, 7) is 6.14. The minimum Gasteiger partial charge on any atom is -0.349 e. The molecule has 0 radical (unpaired) electrons. The summed E-state index contributed by atoms with van der Waals surface area (Å²) in [5.74, 6) is 0.157. The quantitative estimate of drug-likeness (QED) is 0.925. The third kappa shape index (κ3) is 3.72. The molecule has 2 saturated heterocycles. The van der Waals surface area contributed by atoms with Gasteiger partial charge in [-0.15, -0.1) is 0 Å². The topological polar surface area (TPSA) is 52.7 Å². The molecule has 2 aliphatic heterocycles. The van der Waals surface area contributed by atoms with Crippen LogP contribution in [0.2, 0.25) is 0 Å². The van der Waals surface area contributed by atoms with Crippen LogP contribution >= 0.6 is 0 Å². The zero-order valence-corrected chi connectivity index (χ0v) is 13.8. The van der Waals surface area contributed by atoms with E-state index in [1.807, 2.05) is 24.3 Å². The second kappa shape index (κ2) is 7.13. The zero-order valence-electron chi connectivity index (χ0n) is 13.8. The molecule has 0 saturated carbocycles. The fourth-order valence-electron chi connectivity index (χ4n) is 3.38. The van der Waals surface area contributed by atoms with Gasteiger partial charge in [0.15, 0.2) is 0 Å². The molecule has 0 bridgehead atoms. The molecule has 23 heavy (non-hydrogen) atoms. The summed E-state index contributed by atoms with van der Waals surface area (Å²) in [6, 6.07) is 7.65. The van der Waals surface area contributed by atoms with Crippen LogP contribution in [0.3, 0.4) is 0 Å². The number of anilines is 1. The molecule has 0 aliphatic carbocycles. The predicted octanol–water partition coefficient (Wildman–Crippen LogP) is 2.03. The third-order valence-corrected chi connectivity index (χ3v) is 4.88. The van der Waals surface area contributed by atoms with Crippen LogP contribution in [-0.2, 0) is 4.79 Å². The third-order valence-electron chi connectivity index (χ3n) is 4.88. The summed E-state index contributed by atoms with van der Waals surface area (Å²) in [5.41, 5.74) is 1.55. The van der Waals surface area contributed by atoms with Crippen LogP contribution in [0.4, 0.5) is 5.69 Å². The van der Waals surface area contributed by atoms with Crippen LogP contribution in [-0.4, -0.2) is 48.9 Å². The van der Waals surface area contributed by atoms with Crippen LogP contribution in [0.25, 0.3) is 0 Å². The molecule has 2 amide bonds. The Morgan fingerprint density at radius 2 is 1.87 bits per heavy atom. The molecule has 5 heteroatoms. The van der Waals surface area contributed by atoms with Gasteiger partial charge in [0.2, 0.25) is 5.91 Å². The molecule has 5 nitrogen and oxygen atoms in total. The Hall–Kier alpha value is -1.88. The van der Waals surface area contributed by atoms with Gasteiger partial charge in [0.25, 0.3) is 5.91 Å². The molecule has 2 aliphatic rings. The summed E-state index contributed by atoms with van der Waals surface area (Å²) in [5, 5.41) is 3.13. The Balaban J connectivity index is 1.56. The van der Waals surface area contributed by atoms with E-state index in [-0.39, 0.29) is 17.9 Å². The van der Waals surface area contributed by atoms with E-state index in [9.17, 15) is 9.59 Å². The number of rotatable bonds is 4. The molecule has 124 valence electrons. The fourth-order valence-corrected chi connectivity index (χ4v) is 3.38. The highest BCUT2D eigenvalue weighted by Gasteiger charge is 2.23. The summed E-state index contributed by atoms with van der Waals surface area (Å²) in [7, 11) is 0. The van der Waals surface area contributed by atoms with Crippen LogP contribution in [0.15, 0.2) is 24.3 Å². The van der Waals surface area contributed by atoms with Gasteiger partial charge < -0.3 is 15.1 Å². The number of amides is 2. The normalized spacial score (nSPS) is 20.0. The first-order valence-electron chi connectivity index (χ1n) is 8.61. The van der Waals surface area contributed by atoms with E-state index in [1.54, 1.807) is 4.90 Å². The number of likely N-dealkylation sites (tertiary alicyclic amines) is 1. The summed E-state index contributed by atoms with van der Waals surface area (Å²) in [4.78, 5) is 28.3. The van der Waals surface area contributed by atoms with Crippen LogP contribution in [0.1, 0.15) is 43.0 Å². The number of hydrogen-bond acceptors (Lipinski definition) is 3. The van der Waals surface area contributed by atoms with Crippen molar-refractivity contribution in [2.24, 2.45) is 0 Å². The maximum atomic E-state index is 12.4. The van der Waals surface area contributed by atoms with Crippen molar-refractivity contribution in [3.8, 4) is 0 Å². The number of carbonyl (C=O) groups excluding carboxylic acids is 2.